The molecule has 0 fully saturated rings. The van der Waals surface area contributed by atoms with Crippen LogP contribution in [-0.2, 0) is 4.79 Å². The van der Waals surface area contributed by atoms with Gasteiger partial charge >= 0.3 is 11.9 Å². The van der Waals surface area contributed by atoms with Crippen molar-refractivity contribution in [2.24, 2.45) is 0 Å². The van der Waals surface area contributed by atoms with Gasteiger partial charge in [0.2, 0.25) is 0 Å². The van der Waals surface area contributed by atoms with Crippen molar-refractivity contribution >= 4 is 24.3 Å². The Kier molecular flexibility index (Phi) is 10.3. The zero-order chi connectivity index (χ0) is 14.8. The number of hydrogen-bond acceptors (Lipinski definition) is 3. The number of benzene rings is 1. The molecule has 0 unspecified atom stereocenters. The molecular formula is C16H23ClO4. The predicted octanol–water partition coefficient (Wildman–Crippen LogP) is 4.46. The molecule has 118 valence electrons. The third-order valence-electron chi connectivity index (χ3n) is 3.07. The first-order chi connectivity index (χ1) is 9.63. The van der Waals surface area contributed by atoms with Gasteiger partial charge in [0.1, 0.15) is 5.75 Å². The summed E-state index contributed by atoms with van der Waals surface area (Å²) in [7, 11) is 0. The van der Waals surface area contributed by atoms with E-state index in [1.54, 1.807) is 0 Å². The number of carbonyl (C=O) groups excluding carboxylic acids is 1. The second-order valence-corrected chi connectivity index (χ2v) is 4.82. The van der Waals surface area contributed by atoms with Crippen molar-refractivity contribution in [3.63, 3.8) is 0 Å². The smallest absolute Gasteiger partial charge is 0.335 e. The highest BCUT2D eigenvalue weighted by Gasteiger charge is 2.06. The minimum atomic E-state index is -0.991. The molecule has 1 aromatic rings. The summed E-state index contributed by atoms with van der Waals surface area (Å²) in [4.78, 5) is 22.3. The molecule has 0 radical (unpaired) electrons. The Balaban J connectivity index is 0.00000400. The van der Waals surface area contributed by atoms with Gasteiger partial charge in [-0.25, -0.2) is 4.79 Å². The van der Waals surface area contributed by atoms with E-state index in [0.29, 0.717) is 12.2 Å². The maximum Gasteiger partial charge on any atom is 0.335 e. The molecule has 0 aliphatic rings. The van der Waals surface area contributed by atoms with E-state index >= 15 is 0 Å². The fraction of sp³-hybridized carbons (Fsp3) is 0.500. The lowest BCUT2D eigenvalue weighted by Crippen LogP contribution is -2.07. The third-order valence-corrected chi connectivity index (χ3v) is 3.07. The molecule has 0 aliphatic carbocycles. The predicted molar refractivity (Wildman–Crippen MR) is 84.3 cm³/mol. The average Bonchev–Trinajstić information content (AvgIpc) is 2.43. The van der Waals surface area contributed by atoms with Gasteiger partial charge in [0.25, 0.3) is 0 Å². The first-order valence-electron chi connectivity index (χ1n) is 7.17. The highest BCUT2D eigenvalue weighted by Crippen LogP contribution is 2.14. The summed E-state index contributed by atoms with van der Waals surface area (Å²) in [6.45, 7) is 2.17. The molecule has 1 aromatic carbocycles. The second-order valence-electron chi connectivity index (χ2n) is 4.82. The minimum absolute atomic E-state index is 0. The number of hydrogen-bond donors (Lipinski definition) is 1. The fourth-order valence-electron chi connectivity index (χ4n) is 1.90. The molecule has 0 spiro atoms. The first-order valence-corrected chi connectivity index (χ1v) is 7.17. The molecule has 0 heterocycles. The van der Waals surface area contributed by atoms with Gasteiger partial charge in [0.15, 0.2) is 0 Å². The van der Waals surface area contributed by atoms with Crippen LogP contribution in [-0.4, -0.2) is 17.0 Å². The second kappa shape index (κ2) is 11.1. The van der Waals surface area contributed by atoms with Crippen molar-refractivity contribution in [3.05, 3.63) is 29.8 Å². The maximum atomic E-state index is 11.6. The molecule has 5 heteroatoms. The first kappa shape index (κ1) is 19.4. The standard InChI is InChI=1S/C16H22O4.ClH/c1-2-3-4-5-6-7-8-15(17)20-14-11-9-13(10-12-14)16(18)19;/h9-12H,2-8H2,1H3,(H,18,19);1H. The average molecular weight is 315 g/mol. The van der Waals surface area contributed by atoms with Crippen LogP contribution in [0.15, 0.2) is 24.3 Å². The van der Waals surface area contributed by atoms with E-state index < -0.39 is 5.97 Å². The molecule has 1 rings (SSSR count). The summed E-state index contributed by atoms with van der Waals surface area (Å²) < 4.78 is 5.14. The van der Waals surface area contributed by atoms with Crippen molar-refractivity contribution in [1.29, 1.82) is 0 Å². The van der Waals surface area contributed by atoms with E-state index in [-0.39, 0.29) is 23.9 Å². The van der Waals surface area contributed by atoms with Gasteiger partial charge in [-0.2, -0.15) is 0 Å². The van der Waals surface area contributed by atoms with Gasteiger partial charge in [-0.1, -0.05) is 39.0 Å². The molecule has 0 saturated carbocycles. The third kappa shape index (κ3) is 8.35. The van der Waals surface area contributed by atoms with Gasteiger partial charge in [-0.05, 0) is 30.7 Å². The Hall–Kier alpha value is -1.55. The zero-order valence-electron chi connectivity index (χ0n) is 12.3. The van der Waals surface area contributed by atoms with Crippen LogP contribution in [0.2, 0.25) is 0 Å². The fourth-order valence-corrected chi connectivity index (χ4v) is 1.90. The Bertz CT molecular complexity index is 428. The number of halogens is 1. The summed E-state index contributed by atoms with van der Waals surface area (Å²) in [5.74, 6) is -0.857. The summed E-state index contributed by atoms with van der Waals surface area (Å²) in [6.07, 6.45) is 7.15. The lowest BCUT2D eigenvalue weighted by Gasteiger charge is -2.04. The Labute approximate surface area is 131 Å². The van der Waals surface area contributed by atoms with Gasteiger partial charge in [0, 0.05) is 6.42 Å². The number of rotatable bonds is 9. The maximum absolute atomic E-state index is 11.6. The van der Waals surface area contributed by atoms with Crippen molar-refractivity contribution in [2.45, 2.75) is 51.9 Å². The zero-order valence-corrected chi connectivity index (χ0v) is 13.2. The van der Waals surface area contributed by atoms with Crippen LogP contribution in [0.3, 0.4) is 0 Å². The lowest BCUT2D eigenvalue weighted by atomic mass is 10.1. The van der Waals surface area contributed by atoms with Crippen LogP contribution in [0.1, 0.15) is 62.2 Å². The van der Waals surface area contributed by atoms with Crippen LogP contribution >= 0.6 is 12.4 Å². The van der Waals surface area contributed by atoms with Crippen molar-refractivity contribution < 1.29 is 19.4 Å². The number of aromatic carboxylic acids is 1. The highest BCUT2D eigenvalue weighted by atomic mass is 35.5. The normalized spacial score (nSPS) is 9.76. The van der Waals surface area contributed by atoms with Crippen molar-refractivity contribution in [1.82, 2.24) is 0 Å². The Morgan fingerprint density at radius 3 is 2.14 bits per heavy atom. The van der Waals surface area contributed by atoms with E-state index in [9.17, 15) is 9.59 Å². The lowest BCUT2D eigenvalue weighted by molar-refractivity contribution is -0.134. The summed E-state index contributed by atoms with van der Waals surface area (Å²) in [5, 5.41) is 8.75. The topological polar surface area (TPSA) is 63.6 Å². The molecule has 21 heavy (non-hydrogen) atoms. The van der Waals surface area contributed by atoms with Crippen LogP contribution in [0.5, 0.6) is 5.75 Å². The van der Waals surface area contributed by atoms with Crippen LogP contribution in [0.25, 0.3) is 0 Å². The Morgan fingerprint density at radius 1 is 1.00 bits per heavy atom. The summed E-state index contributed by atoms with van der Waals surface area (Å²) in [5.41, 5.74) is 0.181. The quantitative estimate of drug-likeness (QED) is 0.415. The van der Waals surface area contributed by atoms with E-state index in [4.69, 9.17) is 9.84 Å². The monoisotopic (exact) mass is 314 g/mol. The SMILES string of the molecule is CCCCCCCCC(=O)Oc1ccc(C(=O)O)cc1.Cl. The molecule has 4 nitrogen and oxygen atoms in total. The summed E-state index contributed by atoms with van der Waals surface area (Å²) >= 11 is 0. The molecule has 0 aromatic heterocycles. The molecule has 1 N–H and O–H groups in total. The largest absolute Gasteiger partial charge is 0.478 e. The van der Waals surface area contributed by atoms with Gasteiger partial charge in [-0.15, -0.1) is 12.4 Å². The van der Waals surface area contributed by atoms with Crippen LogP contribution < -0.4 is 4.74 Å². The van der Waals surface area contributed by atoms with E-state index in [1.807, 2.05) is 0 Å². The molecule has 0 saturated heterocycles. The molecular weight excluding hydrogens is 292 g/mol. The molecule has 0 amide bonds. The van der Waals surface area contributed by atoms with Crippen LogP contribution in [0.4, 0.5) is 0 Å². The van der Waals surface area contributed by atoms with Gasteiger partial charge in [0.05, 0.1) is 5.56 Å². The van der Waals surface area contributed by atoms with Crippen LogP contribution in [0, 0.1) is 0 Å². The number of carboxylic acids is 1. The molecule has 0 atom stereocenters. The van der Waals surface area contributed by atoms with E-state index in [2.05, 4.69) is 6.92 Å². The Morgan fingerprint density at radius 2 is 1.57 bits per heavy atom. The van der Waals surface area contributed by atoms with Gasteiger partial charge in [-0.3, -0.25) is 4.79 Å². The number of carboxylic acid groups (broad SMARTS) is 1. The number of esters is 1. The molecule has 0 bridgehead atoms. The number of carbonyl (C=O) groups is 2. The molecule has 0 aliphatic heterocycles. The summed E-state index contributed by atoms with van der Waals surface area (Å²) in [6, 6.07) is 5.86. The van der Waals surface area contributed by atoms with Crippen molar-refractivity contribution in [2.75, 3.05) is 0 Å². The van der Waals surface area contributed by atoms with Gasteiger partial charge < -0.3 is 9.84 Å². The van der Waals surface area contributed by atoms with Crippen molar-refractivity contribution in [3.8, 4) is 5.75 Å². The number of unbranched alkanes of at least 4 members (excludes halogenated alkanes) is 5. The highest BCUT2D eigenvalue weighted by molar-refractivity contribution is 5.87. The van der Waals surface area contributed by atoms with E-state index in [1.165, 1.54) is 43.5 Å². The van der Waals surface area contributed by atoms with E-state index in [0.717, 1.165) is 19.3 Å². The number of ether oxygens (including phenoxy) is 1. The minimum Gasteiger partial charge on any atom is -0.478 e.